The van der Waals surface area contributed by atoms with Crippen molar-refractivity contribution >= 4 is 15.9 Å². The lowest BCUT2D eigenvalue weighted by Crippen LogP contribution is -2.71. The van der Waals surface area contributed by atoms with Gasteiger partial charge in [-0.05, 0) is 11.1 Å². The molecule has 0 aliphatic rings. The van der Waals surface area contributed by atoms with Crippen LogP contribution in [0.2, 0.25) is 0 Å². The van der Waals surface area contributed by atoms with Gasteiger partial charge in [0, 0.05) is 11.8 Å². The summed E-state index contributed by atoms with van der Waals surface area (Å²) in [5.41, 5.74) is -7.90. The molecule has 1 aromatic rings. The van der Waals surface area contributed by atoms with Crippen LogP contribution in [0, 0.1) is 5.41 Å². The molecule has 0 bridgehead atoms. The molecule has 14 heteroatoms. The highest BCUT2D eigenvalue weighted by molar-refractivity contribution is 9.08. The van der Waals surface area contributed by atoms with Crippen molar-refractivity contribution in [2.45, 2.75) is 42.1 Å². The van der Waals surface area contributed by atoms with Crippen molar-refractivity contribution in [3.05, 3.63) is 35.4 Å². The first kappa shape index (κ1) is 24.8. The molecule has 1 aromatic carbocycles. The van der Waals surface area contributed by atoms with Gasteiger partial charge in [0.05, 0.1) is 0 Å². The maximum absolute atomic E-state index is 14.0. The number of rotatable bonds is 5. The highest BCUT2D eigenvalue weighted by atomic mass is 79.9. The Balaban J connectivity index is 3.87. The van der Waals surface area contributed by atoms with Gasteiger partial charge in [0.2, 0.25) is 5.41 Å². The maximum atomic E-state index is 14.0. The molecular weight excluding hydrogens is 495 g/mol. The largest absolute Gasteiger partial charge is 0.459 e. The number of halogens is 14. The van der Waals surface area contributed by atoms with Gasteiger partial charge >= 0.3 is 30.4 Å². The summed E-state index contributed by atoms with van der Waals surface area (Å²) < 4.78 is 171. The van der Waals surface area contributed by atoms with Crippen molar-refractivity contribution in [2.24, 2.45) is 5.41 Å². The topological polar surface area (TPSA) is 0 Å². The third-order valence-corrected chi connectivity index (χ3v) is 4.52. The van der Waals surface area contributed by atoms with Crippen molar-refractivity contribution < 1.29 is 57.1 Å². The minimum Gasteiger partial charge on any atom is -0.198 e. The van der Waals surface area contributed by atoms with E-state index in [9.17, 15) is 57.1 Å². The fourth-order valence-electron chi connectivity index (χ4n) is 2.40. The zero-order valence-corrected chi connectivity index (χ0v) is 14.6. The Morgan fingerprint density at radius 3 is 1.39 bits per heavy atom. The van der Waals surface area contributed by atoms with Crippen LogP contribution >= 0.6 is 15.9 Å². The van der Waals surface area contributed by atoms with E-state index in [0.717, 1.165) is 12.1 Å². The summed E-state index contributed by atoms with van der Waals surface area (Å²) in [6, 6.07) is 3.00. The minimum absolute atomic E-state index is 0.0263. The average Bonchev–Trinajstić information content (AvgIpc) is 2.48. The Hall–Kier alpha value is -1.21. The summed E-state index contributed by atoms with van der Waals surface area (Å²) in [6.45, 7) is 0. The van der Waals surface area contributed by atoms with Crippen molar-refractivity contribution in [2.75, 3.05) is 0 Å². The molecule has 0 unspecified atom stereocenters. The van der Waals surface area contributed by atoms with E-state index >= 15 is 0 Å². The summed E-state index contributed by atoms with van der Waals surface area (Å²) in [5.74, 6) is -15.2. The van der Waals surface area contributed by atoms with Crippen LogP contribution < -0.4 is 0 Å². The van der Waals surface area contributed by atoms with E-state index in [1.807, 2.05) is 0 Å². The predicted octanol–water partition coefficient (Wildman–Crippen LogP) is 7.07. The summed E-state index contributed by atoms with van der Waals surface area (Å²) in [4.78, 5) is 0. The van der Waals surface area contributed by atoms with Gasteiger partial charge < -0.3 is 0 Å². The fourth-order valence-corrected chi connectivity index (χ4v) is 2.75. The van der Waals surface area contributed by atoms with Gasteiger partial charge in [-0.3, -0.25) is 0 Å². The molecule has 0 heterocycles. The maximum Gasteiger partial charge on any atom is 0.459 e. The molecule has 0 aliphatic carbocycles. The summed E-state index contributed by atoms with van der Waals surface area (Å²) >= 11 is 2.79. The Kier molecular flexibility index (Phi) is 6.42. The van der Waals surface area contributed by atoms with Gasteiger partial charge in [0.15, 0.2) is 0 Å². The van der Waals surface area contributed by atoms with E-state index < -0.39 is 47.8 Å². The Morgan fingerprint density at radius 1 is 0.607 bits per heavy atom. The lowest BCUT2D eigenvalue weighted by molar-refractivity contribution is -0.460. The molecule has 0 radical (unpaired) electrons. The van der Waals surface area contributed by atoms with Crippen LogP contribution in [0.3, 0.4) is 0 Å². The number of alkyl halides is 14. The SMILES string of the molecule is FC(F)(F)C(F)(F)C(F)(F)C(Cc1cccc(CBr)c1)(C(F)(F)F)C(F)(F)F. The van der Waals surface area contributed by atoms with Crippen LogP contribution in [0.5, 0.6) is 0 Å². The first-order chi connectivity index (χ1) is 12.3. The van der Waals surface area contributed by atoms with Crippen LogP contribution in [0.15, 0.2) is 24.3 Å². The normalized spacial score (nSPS) is 15.1. The van der Waals surface area contributed by atoms with E-state index in [2.05, 4.69) is 15.9 Å². The number of hydrogen-bond acceptors (Lipinski definition) is 0. The zero-order chi connectivity index (χ0) is 22.4. The van der Waals surface area contributed by atoms with Gasteiger partial charge in [-0.15, -0.1) is 0 Å². The van der Waals surface area contributed by atoms with Crippen LogP contribution in [0.4, 0.5) is 57.1 Å². The highest BCUT2D eigenvalue weighted by Gasteiger charge is 2.91. The van der Waals surface area contributed by atoms with Crippen molar-refractivity contribution in [3.63, 3.8) is 0 Å². The van der Waals surface area contributed by atoms with Gasteiger partial charge in [-0.25, -0.2) is 0 Å². The molecule has 0 fully saturated rings. The molecule has 0 nitrogen and oxygen atoms in total. The second-order valence-electron chi connectivity index (χ2n) is 5.68. The lowest BCUT2D eigenvalue weighted by Gasteiger charge is -2.45. The molecule has 0 atom stereocenters. The van der Waals surface area contributed by atoms with E-state index in [-0.39, 0.29) is 10.9 Å². The molecule has 0 amide bonds. The number of benzene rings is 1. The van der Waals surface area contributed by atoms with Gasteiger partial charge in [-0.1, -0.05) is 40.2 Å². The van der Waals surface area contributed by atoms with E-state index in [1.165, 1.54) is 0 Å². The first-order valence-electron chi connectivity index (χ1n) is 6.86. The summed E-state index contributed by atoms with van der Waals surface area (Å²) in [5, 5.41) is -0.166. The second-order valence-corrected chi connectivity index (χ2v) is 6.24. The molecule has 0 N–H and O–H groups in total. The van der Waals surface area contributed by atoms with Crippen molar-refractivity contribution in [1.82, 2.24) is 0 Å². The standard InChI is InChI=1S/C14H8BrF13/c15-6-8-3-1-2-7(4-8)5-9(12(20,21)22,13(23,24)25)10(16,17)11(18,19)14(26,27)28/h1-4H,5-6H2. The zero-order valence-electron chi connectivity index (χ0n) is 13.0. The van der Waals surface area contributed by atoms with Gasteiger partial charge in [0.25, 0.3) is 0 Å². The number of hydrogen-bond donors (Lipinski definition) is 0. The molecule has 0 aromatic heterocycles. The summed E-state index contributed by atoms with van der Waals surface area (Å²) in [7, 11) is 0. The van der Waals surface area contributed by atoms with Crippen LogP contribution in [0.25, 0.3) is 0 Å². The average molecular weight is 503 g/mol. The smallest absolute Gasteiger partial charge is 0.198 e. The molecule has 162 valence electrons. The van der Waals surface area contributed by atoms with Crippen molar-refractivity contribution in [3.8, 4) is 0 Å². The second kappa shape index (κ2) is 7.24. The predicted molar refractivity (Wildman–Crippen MR) is 73.3 cm³/mol. The van der Waals surface area contributed by atoms with E-state index in [4.69, 9.17) is 0 Å². The molecule has 0 aliphatic heterocycles. The van der Waals surface area contributed by atoms with Crippen LogP contribution in [0.1, 0.15) is 11.1 Å². The molecule has 0 spiro atoms. The first-order valence-corrected chi connectivity index (χ1v) is 7.98. The summed E-state index contributed by atoms with van der Waals surface area (Å²) in [6.07, 6.45) is -24.7. The highest BCUT2D eigenvalue weighted by Crippen LogP contribution is 2.66. The monoisotopic (exact) mass is 502 g/mol. The van der Waals surface area contributed by atoms with E-state index in [1.54, 1.807) is 0 Å². The Morgan fingerprint density at radius 2 is 1.04 bits per heavy atom. The molecule has 0 saturated heterocycles. The Bertz CT molecular complexity index is 670. The quantitative estimate of drug-likeness (QED) is 0.298. The third-order valence-electron chi connectivity index (χ3n) is 3.87. The Labute approximate surface area is 156 Å². The minimum atomic E-state index is -7.63. The van der Waals surface area contributed by atoms with Crippen LogP contribution in [-0.4, -0.2) is 30.4 Å². The van der Waals surface area contributed by atoms with E-state index in [0.29, 0.717) is 12.1 Å². The van der Waals surface area contributed by atoms with Crippen molar-refractivity contribution in [1.29, 1.82) is 0 Å². The lowest BCUT2D eigenvalue weighted by atomic mass is 9.71. The van der Waals surface area contributed by atoms with Crippen LogP contribution in [-0.2, 0) is 11.8 Å². The molecule has 1 rings (SSSR count). The molecular formula is C14H8BrF13. The molecule has 0 saturated carbocycles. The third kappa shape index (κ3) is 3.80. The fraction of sp³-hybridized carbons (Fsp3) is 0.571. The molecule has 28 heavy (non-hydrogen) atoms. The van der Waals surface area contributed by atoms with Gasteiger partial charge in [0.1, 0.15) is 0 Å². The van der Waals surface area contributed by atoms with Gasteiger partial charge in [-0.2, -0.15) is 57.1 Å².